The molecule has 1 saturated carbocycles. The Morgan fingerprint density at radius 2 is 2.04 bits per heavy atom. The van der Waals surface area contributed by atoms with Gasteiger partial charge in [-0.2, -0.15) is 0 Å². The van der Waals surface area contributed by atoms with E-state index in [1.165, 1.54) is 18.4 Å². The van der Waals surface area contributed by atoms with Gasteiger partial charge in [-0.25, -0.2) is 0 Å². The van der Waals surface area contributed by atoms with Crippen LogP contribution in [0.4, 0.5) is 0 Å². The van der Waals surface area contributed by atoms with Crippen LogP contribution >= 0.6 is 0 Å². The lowest BCUT2D eigenvalue weighted by atomic mass is 10.0. The van der Waals surface area contributed by atoms with Crippen LogP contribution in [-0.2, 0) is 17.9 Å². The SMILES string of the molecule is Cc1nnc2n1CCN(CC(=O)NC(c1ccccc1)C1CC1)C2. The van der Waals surface area contributed by atoms with Crippen LogP contribution in [0, 0.1) is 12.8 Å². The molecule has 0 spiro atoms. The number of nitrogens with one attached hydrogen (secondary N) is 1. The first-order valence-corrected chi connectivity index (χ1v) is 8.66. The number of benzene rings is 1. The summed E-state index contributed by atoms with van der Waals surface area (Å²) < 4.78 is 2.13. The minimum absolute atomic E-state index is 0.0976. The fourth-order valence-corrected chi connectivity index (χ4v) is 3.47. The predicted molar refractivity (Wildman–Crippen MR) is 90.1 cm³/mol. The highest BCUT2D eigenvalue weighted by atomic mass is 16.2. The normalized spacial score (nSPS) is 18.9. The Labute approximate surface area is 141 Å². The van der Waals surface area contributed by atoms with Gasteiger partial charge >= 0.3 is 0 Å². The van der Waals surface area contributed by atoms with Crippen molar-refractivity contribution < 1.29 is 4.79 Å². The first-order valence-electron chi connectivity index (χ1n) is 8.66. The predicted octanol–water partition coefficient (Wildman–Crippen LogP) is 1.67. The summed E-state index contributed by atoms with van der Waals surface area (Å²) in [6.07, 6.45) is 2.40. The van der Waals surface area contributed by atoms with Crippen LogP contribution < -0.4 is 5.32 Å². The summed E-state index contributed by atoms with van der Waals surface area (Å²) >= 11 is 0. The van der Waals surface area contributed by atoms with Gasteiger partial charge in [0.2, 0.25) is 5.91 Å². The summed E-state index contributed by atoms with van der Waals surface area (Å²) in [4.78, 5) is 14.7. The highest BCUT2D eigenvalue weighted by molar-refractivity contribution is 5.78. The molecular weight excluding hydrogens is 302 g/mol. The topological polar surface area (TPSA) is 63.1 Å². The zero-order valence-electron chi connectivity index (χ0n) is 14.0. The van der Waals surface area contributed by atoms with Gasteiger partial charge in [-0.15, -0.1) is 10.2 Å². The monoisotopic (exact) mass is 325 g/mol. The minimum atomic E-state index is 0.0976. The van der Waals surface area contributed by atoms with E-state index in [4.69, 9.17) is 0 Å². The third kappa shape index (κ3) is 3.19. The number of nitrogens with zero attached hydrogens (tertiary/aromatic N) is 4. The van der Waals surface area contributed by atoms with E-state index in [1.807, 2.05) is 25.1 Å². The van der Waals surface area contributed by atoms with E-state index in [0.29, 0.717) is 19.0 Å². The molecule has 24 heavy (non-hydrogen) atoms. The average molecular weight is 325 g/mol. The molecule has 1 unspecified atom stereocenters. The molecule has 2 heterocycles. The number of carbonyl (C=O) groups excluding carboxylic acids is 1. The highest BCUT2D eigenvalue weighted by Crippen LogP contribution is 2.40. The summed E-state index contributed by atoms with van der Waals surface area (Å²) in [6.45, 7) is 4.79. The van der Waals surface area contributed by atoms with Crippen LogP contribution in [-0.4, -0.2) is 38.7 Å². The van der Waals surface area contributed by atoms with E-state index < -0.39 is 0 Å². The van der Waals surface area contributed by atoms with Gasteiger partial charge in [-0.1, -0.05) is 30.3 Å². The molecule has 0 radical (unpaired) electrons. The van der Waals surface area contributed by atoms with Crippen LogP contribution in [0.15, 0.2) is 30.3 Å². The number of hydrogen-bond acceptors (Lipinski definition) is 4. The highest BCUT2D eigenvalue weighted by Gasteiger charge is 2.33. The molecule has 126 valence electrons. The average Bonchev–Trinajstić information content (AvgIpc) is 3.37. The molecule has 1 aromatic heterocycles. The lowest BCUT2D eigenvalue weighted by Gasteiger charge is -2.28. The van der Waals surface area contributed by atoms with Crippen molar-refractivity contribution in [2.75, 3.05) is 13.1 Å². The number of rotatable bonds is 5. The van der Waals surface area contributed by atoms with Crippen LogP contribution in [0.2, 0.25) is 0 Å². The number of aromatic nitrogens is 3. The number of carbonyl (C=O) groups is 1. The van der Waals surface area contributed by atoms with Gasteiger partial charge in [0.25, 0.3) is 0 Å². The zero-order valence-corrected chi connectivity index (χ0v) is 14.0. The lowest BCUT2D eigenvalue weighted by molar-refractivity contribution is -0.123. The van der Waals surface area contributed by atoms with Crippen molar-refractivity contribution in [3.05, 3.63) is 47.5 Å². The standard InChI is InChI=1S/C18H23N5O/c1-13-20-21-16-11-22(9-10-23(13)16)12-17(24)19-18(15-7-8-15)14-5-3-2-4-6-14/h2-6,15,18H,7-12H2,1H3,(H,19,24). The third-order valence-electron chi connectivity index (χ3n) is 4.95. The largest absolute Gasteiger partial charge is 0.348 e. The van der Waals surface area contributed by atoms with Crippen molar-refractivity contribution in [3.8, 4) is 0 Å². The van der Waals surface area contributed by atoms with Gasteiger partial charge in [-0.3, -0.25) is 9.69 Å². The second kappa shape index (κ2) is 6.36. The molecular formula is C18H23N5O. The van der Waals surface area contributed by atoms with Crippen LogP contribution in [0.5, 0.6) is 0 Å². The molecule has 1 fully saturated rings. The summed E-state index contributed by atoms with van der Waals surface area (Å²) in [7, 11) is 0. The summed E-state index contributed by atoms with van der Waals surface area (Å²) in [5, 5.41) is 11.6. The Hall–Kier alpha value is -2.21. The molecule has 6 heteroatoms. The summed E-state index contributed by atoms with van der Waals surface area (Å²) in [6, 6.07) is 10.5. The number of hydrogen-bond donors (Lipinski definition) is 1. The van der Waals surface area contributed by atoms with Gasteiger partial charge < -0.3 is 9.88 Å². The van der Waals surface area contributed by atoms with Crippen LogP contribution in [0.3, 0.4) is 0 Å². The van der Waals surface area contributed by atoms with Crippen molar-refractivity contribution in [2.24, 2.45) is 5.92 Å². The first kappa shape index (κ1) is 15.3. The molecule has 1 aliphatic heterocycles. The fraction of sp³-hybridized carbons (Fsp3) is 0.500. The second-order valence-corrected chi connectivity index (χ2v) is 6.82. The van der Waals surface area contributed by atoms with E-state index in [0.717, 1.165) is 24.7 Å². The summed E-state index contributed by atoms with van der Waals surface area (Å²) in [5.41, 5.74) is 1.21. The van der Waals surface area contributed by atoms with Crippen molar-refractivity contribution in [3.63, 3.8) is 0 Å². The Morgan fingerprint density at radius 1 is 1.25 bits per heavy atom. The van der Waals surface area contributed by atoms with Gasteiger partial charge in [-0.05, 0) is 31.2 Å². The van der Waals surface area contributed by atoms with Gasteiger partial charge in [0.15, 0.2) is 0 Å². The summed E-state index contributed by atoms with van der Waals surface area (Å²) in [5.74, 6) is 2.59. The minimum Gasteiger partial charge on any atom is -0.348 e. The van der Waals surface area contributed by atoms with E-state index >= 15 is 0 Å². The van der Waals surface area contributed by atoms with E-state index in [9.17, 15) is 4.79 Å². The van der Waals surface area contributed by atoms with Crippen LogP contribution in [0.25, 0.3) is 0 Å². The Kier molecular flexibility index (Phi) is 4.06. The van der Waals surface area contributed by atoms with Gasteiger partial charge in [0.1, 0.15) is 11.6 Å². The van der Waals surface area contributed by atoms with Gasteiger partial charge in [0, 0.05) is 13.1 Å². The second-order valence-electron chi connectivity index (χ2n) is 6.82. The number of aryl methyl sites for hydroxylation is 1. The van der Waals surface area contributed by atoms with Crippen molar-refractivity contribution in [1.29, 1.82) is 0 Å². The Morgan fingerprint density at radius 3 is 2.79 bits per heavy atom. The number of fused-ring (bicyclic) bond motifs is 1. The quantitative estimate of drug-likeness (QED) is 0.908. The first-order chi connectivity index (χ1) is 11.7. The molecule has 1 amide bonds. The molecule has 0 saturated heterocycles. The van der Waals surface area contributed by atoms with E-state index in [1.54, 1.807) is 0 Å². The lowest BCUT2D eigenvalue weighted by Crippen LogP contribution is -2.42. The molecule has 1 aromatic carbocycles. The van der Waals surface area contributed by atoms with E-state index in [-0.39, 0.29) is 11.9 Å². The molecule has 1 atom stereocenters. The van der Waals surface area contributed by atoms with Crippen molar-refractivity contribution in [1.82, 2.24) is 25.0 Å². The van der Waals surface area contributed by atoms with Crippen molar-refractivity contribution >= 4 is 5.91 Å². The molecule has 0 bridgehead atoms. The maximum atomic E-state index is 12.5. The smallest absolute Gasteiger partial charge is 0.234 e. The Bertz CT molecular complexity index is 722. The Balaban J connectivity index is 1.38. The maximum Gasteiger partial charge on any atom is 0.234 e. The maximum absolute atomic E-state index is 12.5. The zero-order chi connectivity index (χ0) is 16.5. The van der Waals surface area contributed by atoms with Crippen LogP contribution in [0.1, 0.15) is 36.1 Å². The molecule has 2 aromatic rings. The number of amides is 1. The molecule has 2 aliphatic rings. The van der Waals surface area contributed by atoms with Gasteiger partial charge in [0.05, 0.1) is 19.1 Å². The fourth-order valence-electron chi connectivity index (χ4n) is 3.47. The third-order valence-corrected chi connectivity index (χ3v) is 4.95. The molecule has 6 nitrogen and oxygen atoms in total. The molecule has 1 aliphatic carbocycles. The van der Waals surface area contributed by atoms with Crippen molar-refractivity contribution in [2.45, 2.75) is 38.9 Å². The molecule has 1 N–H and O–H groups in total. The van der Waals surface area contributed by atoms with E-state index in [2.05, 4.69) is 37.1 Å². The molecule has 4 rings (SSSR count).